The third-order valence-corrected chi connectivity index (χ3v) is 3.60. The van der Waals surface area contributed by atoms with Crippen LogP contribution < -0.4 is 0 Å². The molecule has 2 unspecified atom stereocenters. The highest BCUT2D eigenvalue weighted by atomic mass is 16.5. The zero-order valence-corrected chi connectivity index (χ0v) is 10.3. The van der Waals surface area contributed by atoms with Crippen LogP contribution >= 0.6 is 0 Å². The fourth-order valence-corrected chi connectivity index (χ4v) is 2.51. The van der Waals surface area contributed by atoms with E-state index in [0.29, 0.717) is 26.1 Å². The van der Waals surface area contributed by atoms with Gasteiger partial charge in [0.25, 0.3) is 5.91 Å². The van der Waals surface area contributed by atoms with Crippen LogP contribution in [0.3, 0.4) is 0 Å². The highest BCUT2D eigenvalue weighted by molar-refractivity contribution is 5.89. The number of hydrogen-bond donors (Lipinski definition) is 1. The number of carbonyl (C=O) groups excluding carboxylic acids is 1. The monoisotopic (exact) mass is 240 g/mol. The Kier molecular flexibility index (Phi) is 3.99. The molecule has 0 spiro atoms. The summed E-state index contributed by atoms with van der Waals surface area (Å²) in [6, 6.07) is 0. The third kappa shape index (κ3) is 2.77. The molecule has 2 saturated heterocycles. The predicted octanol–water partition coefficient (Wildman–Crippen LogP) is 1.25. The summed E-state index contributed by atoms with van der Waals surface area (Å²) >= 11 is 0. The molecule has 2 heterocycles. The van der Waals surface area contributed by atoms with E-state index in [2.05, 4.69) is 5.16 Å². The molecule has 2 aliphatic heterocycles. The molecule has 2 rings (SSSR count). The molecule has 5 heteroatoms. The van der Waals surface area contributed by atoms with Crippen molar-refractivity contribution in [2.24, 2.45) is 11.1 Å². The molecule has 96 valence electrons. The van der Waals surface area contributed by atoms with Gasteiger partial charge < -0.3 is 14.8 Å². The van der Waals surface area contributed by atoms with E-state index in [1.165, 1.54) is 0 Å². The maximum atomic E-state index is 12.2. The lowest BCUT2D eigenvalue weighted by atomic mass is 9.96. The maximum absolute atomic E-state index is 12.2. The van der Waals surface area contributed by atoms with Crippen molar-refractivity contribution in [2.45, 2.75) is 38.7 Å². The number of nitrogens with zero attached hydrogens (tertiary/aromatic N) is 2. The van der Waals surface area contributed by atoms with Crippen molar-refractivity contribution >= 4 is 11.6 Å². The second-order valence-electron chi connectivity index (χ2n) is 4.88. The first-order valence-electron chi connectivity index (χ1n) is 6.33. The van der Waals surface area contributed by atoms with Crippen molar-refractivity contribution in [3.8, 4) is 0 Å². The molecule has 2 fully saturated rings. The molecule has 0 aromatic heterocycles. The Bertz CT molecular complexity index is 311. The van der Waals surface area contributed by atoms with Crippen molar-refractivity contribution in [1.29, 1.82) is 0 Å². The Balaban J connectivity index is 1.92. The molecule has 1 amide bonds. The predicted molar refractivity (Wildman–Crippen MR) is 63.2 cm³/mol. The summed E-state index contributed by atoms with van der Waals surface area (Å²) in [7, 11) is 0. The number of carbonyl (C=O) groups is 1. The van der Waals surface area contributed by atoms with Gasteiger partial charge in [-0.1, -0.05) is 12.1 Å². The molecule has 0 saturated carbocycles. The number of likely N-dealkylation sites (tertiary alicyclic amines) is 1. The van der Waals surface area contributed by atoms with Crippen LogP contribution in [-0.2, 0) is 9.53 Å². The standard InChI is InChI=1S/C12H20N2O3/c1-9-8-14(6-5-10(9)13-16)12(15)11-4-2-3-7-17-11/h9,11,16H,2-8H2,1H3. The molecule has 5 nitrogen and oxygen atoms in total. The Morgan fingerprint density at radius 3 is 2.94 bits per heavy atom. The van der Waals surface area contributed by atoms with Crippen molar-refractivity contribution < 1.29 is 14.7 Å². The average Bonchev–Trinajstić information content (AvgIpc) is 2.39. The van der Waals surface area contributed by atoms with E-state index >= 15 is 0 Å². The van der Waals surface area contributed by atoms with Crippen molar-refractivity contribution in [3.05, 3.63) is 0 Å². The SMILES string of the molecule is CC1CN(C(=O)C2CCCCO2)CCC1=NO. The van der Waals surface area contributed by atoms with Gasteiger partial charge in [-0.2, -0.15) is 0 Å². The van der Waals surface area contributed by atoms with Crippen LogP contribution in [0.15, 0.2) is 5.16 Å². The molecule has 0 aromatic carbocycles. The van der Waals surface area contributed by atoms with Gasteiger partial charge in [0.15, 0.2) is 0 Å². The van der Waals surface area contributed by atoms with Gasteiger partial charge in [0, 0.05) is 32.0 Å². The lowest BCUT2D eigenvalue weighted by molar-refractivity contribution is -0.147. The first kappa shape index (κ1) is 12.4. The third-order valence-electron chi connectivity index (χ3n) is 3.60. The minimum atomic E-state index is -0.247. The van der Waals surface area contributed by atoms with Gasteiger partial charge in [-0.05, 0) is 19.3 Å². The van der Waals surface area contributed by atoms with E-state index in [1.807, 2.05) is 11.8 Å². The Morgan fingerprint density at radius 2 is 2.35 bits per heavy atom. The topological polar surface area (TPSA) is 62.1 Å². The van der Waals surface area contributed by atoms with Crippen LogP contribution in [0.2, 0.25) is 0 Å². The van der Waals surface area contributed by atoms with E-state index < -0.39 is 0 Å². The van der Waals surface area contributed by atoms with Crippen molar-refractivity contribution in [2.75, 3.05) is 19.7 Å². The van der Waals surface area contributed by atoms with E-state index in [9.17, 15) is 4.79 Å². The van der Waals surface area contributed by atoms with Gasteiger partial charge in [-0.25, -0.2) is 0 Å². The maximum Gasteiger partial charge on any atom is 0.251 e. The Morgan fingerprint density at radius 1 is 1.53 bits per heavy atom. The Labute approximate surface area is 101 Å². The fraction of sp³-hybridized carbons (Fsp3) is 0.833. The molecule has 2 atom stereocenters. The van der Waals surface area contributed by atoms with Gasteiger partial charge in [-0.15, -0.1) is 0 Å². The van der Waals surface area contributed by atoms with Crippen LogP contribution in [0.4, 0.5) is 0 Å². The molecular formula is C12H20N2O3. The largest absolute Gasteiger partial charge is 0.411 e. The van der Waals surface area contributed by atoms with Gasteiger partial charge in [-0.3, -0.25) is 4.79 Å². The second-order valence-corrected chi connectivity index (χ2v) is 4.88. The van der Waals surface area contributed by atoms with Crippen molar-refractivity contribution in [1.82, 2.24) is 4.90 Å². The first-order valence-corrected chi connectivity index (χ1v) is 6.33. The second kappa shape index (κ2) is 5.49. The lowest BCUT2D eigenvalue weighted by Gasteiger charge is -2.34. The summed E-state index contributed by atoms with van der Waals surface area (Å²) in [6.45, 7) is 3.96. The number of ether oxygens (including phenoxy) is 1. The summed E-state index contributed by atoms with van der Waals surface area (Å²) in [5.41, 5.74) is 0.790. The molecular weight excluding hydrogens is 220 g/mol. The summed E-state index contributed by atoms with van der Waals surface area (Å²) in [5.74, 6) is 0.245. The average molecular weight is 240 g/mol. The summed E-state index contributed by atoms with van der Waals surface area (Å²) in [5, 5.41) is 12.1. The number of amides is 1. The molecule has 0 radical (unpaired) electrons. The zero-order valence-electron chi connectivity index (χ0n) is 10.3. The molecule has 2 aliphatic rings. The first-order chi connectivity index (χ1) is 8.22. The highest BCUT2D eigenvalue weighted by Gasteiger charge is 2.31. The van der Waals surface area contributed by atoms with Gasteiger partial charge in [0.2, 0.25) is 0 Å². The smallest absolute Gasteiger partial charge is 0.251 e. The van der Waals surface area contributed by atoms with E-state index in [4.69, 9.17) is 9.94 Å². The van der Waals surface area contributed by atoms with Crippen molar-refractivity contribution in [3.63, 3.8) is 0 Å². The fourth-order valence-electron chi connectivity index (χ4n) is 2.51. The summed E-state index contributed by atoms with van der Waals surface area (Å²) < 4.78 is 5.51. The molecule has 0 aliphatic carbocycles. The normalized spacial score (nSPS) is 32.8. The summed E-state index contributed by atoms with van der Waals surface area (Å²) in [6.07, 6.45) is 3.38. The van der Waals surface area contributed by atoms with Gasteiger partial charge >= 0.3 is 0 Å². The van der Waals surface area contributed by atoms with Crippen LogP contribution in [0.1, 0.15) is 32.6 Å². The van der Waals surface area contributed by atoms with E-state index in [0.717, 1.165) is 25.0 Å². The Hall–Kier alpha value is -1.10. The summed E-state index contributed by atoms with van der Waals surface area (Å²) in [4.78, 5) is 14.0. The molecule has 0 aromatic rings. The van der Waals surface area contributed by atoms with Crippen LogP contribution in [-0.4, -0.2) is 47.5 Å². The van der Waals surface area contributed by atoms with E-state index in [-0.39, 0.29) is 17.9 Å². The molecule has 0 bridgehead atoms. The van der Waals surface area contributed by atoms with Gasteiger partial charge in [0.05, 0.1) is 5.71 Å². The lowest BCUT2D eigenvalue weighted by Crippen LogP contribution is -2.48. The minimum Gasteiger partial charge on any atom is -0.411 e. The number of rotatable bonds is 1. The highest BCUT2D eigenvalue weighted by Crippen LogP contribution is 2.19. The van der Waals surface area contributed by atoms with Crippen LogP contribution in [0.5, 0.6) is 0 Å². The number of piperidine rings is 1. The quantitative estimate of drug-likeness (QED) is 0.554. The molecule has 1 N–H and O–H groups in total. The van der Waals surface area contributed by atoms with Crippen LogP contribution in [0.25, 0.3) is 0 Å². The molecule has 17 heavy (non-hydrogen) atoms. The van der Waals surface area contributed by atoms with Crippen LogP contribution in [0, 0.1) is 5.92 Å². The zero-order chi connectivity index (χ0) is 12.3. The number of oxime groups is 1. The minimum absolute atomic E-state index is 0.105. The van der Waals surface area contributed by atoms with E-state index in [1.54, 1.807) is 0 Å². The number of hydrogen-bond acceptors (Lipinski definition) is 4. The van der Waals surface area contributed by atoms with Gasteiger partial charge in [0.1, 0.15) is 6.10 Å².